The number of esters is 1. The highest BCUT2D eigenvalue weighted by Crippen LogP contribution is 2.36. The number of halogens is 6. The van der Waals surface area contributed by atoms with E-state index in [0.29, 0.717) is 4.90 Å². The zero-order valence-electron chi connectivity index (χ0n) is 18.6. The molecule has 186 valence electrons. The summed E-state index contributed by atoms with van der Waals surface area (Å²) < 4.78 is 87.4. The number of imide groups is 1. The van der Waals surface area contributed by atoms with Crippen LogP contribution in [0.2, 0.25) is 0 Å². The smallest absolute Gasteiger partial charge is 0.416 e. The number of carbonyl (C=O) groups excluding carboxylic acids is 3. The summed E-state index contributed by atoms with van der Waals surface area (Å²) in [5, 5.41) is 0. The van der Waals surface area contributed by atoms with Crippen molar-refractivity contribution in [3.8, 4) is 0 Å². The number of cyclic esters (lactones) is 1. The van der Waals surface area contributed by atoms with Crippen LogP contribution in [0, 0.1) is 17.8 Å². The van der Waals surface area contributed by atoms with Crippen LogP contribution in [-0.4, -0.2) is 53.5 Å². The number of hydrogen-bond acceptors (Lipinski definition) is 5. The van der Waals surface area contributed by atoms with Gasteiger partial charge in [-0.3, -0.25) is 9.59 Å². The summed E-state index contributed by atoms with van der Waals surface area (Å²) in [6.45, 7) is 7.40. The second-order valence-corrected chi connectivity index (χ2v) is 9.15. The topological polar surface area (TPSA) is 72.9 Å². The predicted molar refractivity (Wildman–Crippen MR) is 100 cm³/mol. The van der Waals surface area contributed by atoms with Crippen molar-refractivity contribution >= 4 is 18.0 Å². The number of rotatable bonds is 8. The minimum absolute atomic E-state index is 0.201. The monoisotopic (exact) mass is 477 g/mol. The lowest BCUT2D eigenvalue weighted by molar-refractivity contribution is -0.172. The summed E-state index contributed by atoms with van der Waals surface area (Å²) in [4.78, 5) is 38.7. The third kappa shape index (κ3) is 8.85. The molecular formula is C20H29F6NO5. The fourth-order valence-electron chi connectivity index (χ4n) is 3.35. The van der Waals surface area contributed by atoms with Gasteiger partial charge >= 0.3 is 24.4 Å². The predicted octanol–water partition coefficient (Wildman–Crippen LogP) is 5.25. The van der Waals surface area contributed by atoms with Crippen molar-refractivity contribution < 1.29 is 50.2 Å². The summed E-state index contributed by atoms with van der Waals surface area (Å²) >= 11 is 0. The van der Waals surface area contributed by atoms with Gasteiger partial charge in [0.15, 0.2) is 0 Å². The maximum Gasteiger partial charge on any atom is 0.416 e. The molecule has 0 aromatic carbocycles. The standard InChI is InChI=1S/C20H29F6NO5/c1-11(2)14-10-31-17(30)27(14)15(28)12(6-8-19(21,22)23)13(7-9-20(24,25)26)16(29)32-18(3,4)5/h11-14H,6-10H2,1-5H3/t12?,13-,14+/m0/s1. The van der Waals surface area contributed by atoms with E-state index in [9.17, 15) is 40.7 Å². The van der Waals surface area contributed by atoms with Gasteiger partial charge in [-0.05, 0) is 39.5 Å². The number of ether oxygens (including phenoxy) is 2. The quantitative estimate of drug-likeness (QED) is 0.353. The van der Waals surface area contributed by atoms with E-state index in [1.807, 2.05) is 0 Å². The minimum atomic E-state index is -4.73. The first-order valence-corrected chi connectivity index (χ1v) is 10.2. The van der Waals surface area contributed by atoms with E-state index < -0.39 is 79.5 Å². The maximum absolute atomic E-state index is 13.2. The molecule has 0 aliphatic carbocycles. The van der Waals surface area contributed by atoms with Gasteiger partial charge < -0.3 is 9.47 Å². The Bertz CT molecular complexity index is 683. The van der Waals surface area contributed by atoms with E-state index in [4.69, 9.17) is 9.47 Å². The van der Waals surface area contributed by atoms with Crippen molar-refractivity contribution in [1.82, 2.24) is 4.90 Å². The molecule has 3 atom stereocenters. The average Bonchev–Trinajstić information content (AvgIpc) is 2.95. The Hall–Kier alpha value is -2.01. The summed E-state index contributed by atoms with van der Waals surface area (Å²) in [5.74, 6) is -6.40. The lowest BCUT2D eigenvalue weighted by atomic mass is 9.83. The van der Waals surface area contributed by atoms with Crippen LogP contribution in [0.1, 0.15) is 60.3 Å². The van der Waals surface area contributed by atoms with Crippen molar-refractivity contribution in [3.05, 3.63) is 0 Å². The first-order valence-electron chi connectivity index (χ1n) is 10.2. The molecule has 1 saturated heterocycles. The Balaban J connectivity index is 3.37. The van der Waals surface area contributed by atoms with Crippen molar-refractivity contribution in [3.63, 3.8) is 0 Å². The fourth-order valence-corrected chi connectivity index (χ4v) is 3.35. The van der Waals surface area contributed by atoms with Gasteiger partial charge in [0.25, 0.3) is 0 Å². The number of nitrogens with zero attached hydrogens (tertiary/aromatic N) is 1. The second-order valence-electron chi connectivity index (χ2n) is 9.15. The molecule has 1 aliphatic heterocycles. The van der Waals surface area contributed by atoms with Crippen LogP contribution in [0.3, 0.4) is 0 Å². The molecule has 0 radical (unpaired) electrons. The molecule has 1 fully saturated rings. The SMILES string of the molecule is CC(C)[C@H]1COC(=O)N1C(=O)C(CCC(F)(F)F)[C@H](CCC(F)(F)F)C(=O)OC(C)(C)C. The van der Waals surface area contributed by atoms with Crippen LogP contribution < -0.4 is 0 Å². The lowest BCUT2D eigenvalue weighted by Crippen LogP contribution is -2.48. The van der Waals surface area contributed by atoms with Gasteiger partial charge in [0.2, 0.25) is 5.91 Å². The maximum atomic E-state index is 13.2. The Labute approximate surface area is 182 Å². The number of carbonyl (C=O) groups is 3. The van der Waals surface area contributed by atoms with Gasteiger partial charge in [-0.15, -0.1) is 0 Å². The highest BCUT2D eigenvalue weighted by atomic mass is 19.4. The zero-order valence-corrected chi connectivity index (χ0v) is 18.6. The van der Waals surface area contributed by atoms with E-state index in [-0.39, 0.29) is 12.5 Å². The third-order valence-corrected chi connectivity index (χ3v) is 4.90. The van der Waals surface area contributed by atoms with E-state index in [2.05, 4.69) is 0 Å². The van der Waals surface area contributed by atoms with E-state index in [0.717, 1.165) is 0 Å². The largest absolute Gasteiger partial charge is 0.460 e. The summed E-state index contributed by atoms with van der Waals surface area (Å²) in [6.07, 6.45) is -15.5. The Kier molecular flexibility index (Phi) is 9.01. The Morgan fingerprint density at radius 1 is 1.00 bits per heavy atom. The van der Waals surface area contributed by atoms with E-state index in [1.54, 1.807) is 13.8 Å². The van der Waals surface area contributed by atoms with Gasteiger partial charge in [-0.2, -0.15) is 26.3 Å². The molecule has 0 spiro atoms. The van der Waals surface area contributed by atoms with Crippen LogP contribution in [0.4, 0.5) is 31.1 Å². The number of alkyl halides is 6. The molecule has 0 aromatic rings. The molecule has 32 heavy (non-hydrogen) atoms. The first-order chi connectivity index (χ1) is 14.3. The fraction of sp³-hybridized carbons (Fsp3) is 0.850. The molecule has 1 unspecified atom stereocenters. The van der Waals surface area contributed by atoms with Crippen LogP contribution in [-0.2, 0) is 19.1 Å². The molecule has 1 aliphatic rings. The summed E-state index contributed by atoms with van der Waals surface area (Å²) in [7, 11) is 0. The molecule has 0 bridgehead atoms. The number of amides is 2. The molecule has 1 heterocycles. The summed E-state index contributed by atoms with van der Waals surface area (Å²) in [6, 6.07) is -0.815. The molecule has 0 saturated carbocycles. The summed E-state index contributed by atoms with van der Waals surface area (Å²) in [5.41, 5.74) is -1.15. The van der Waals surface area contributed by atoms with Crippen molar-refractivity contribution in [2.45, 2.75) is 84.3 Å². The van der Waals surface area contributed by atoms with Gasteiger partial charge in [0.1, 0.15) is 12.2 Å². The molecule has 2 amide bonds. The van der Waals surface area contributed by atoms with E-state index >= 15 is 0 Å². The second kappa shape index (κ2) is 10.3. The third-order valence-electron chi connectivity index (χ3n) is 4.90. The van der Waals surface area contributed by atoms with Crippen LogP contribution in [0.25, 0.3) is 0 Å². The van der Waals surface area contributed by atoms with Gasteiger partial charge in [0, 0.05) is 12.8 Å². The average molecular weight is 477 g/mol. The van der Waals surface area contributed by atoms with Crippen molar-refractivity contribution in [2.24, 2.45) is 17.8 Å². The zero-order chi connectivity index (χ0) is 25.1. The highest BCUT2D eigenvalue weighted by Gasteiger charge is 2.48. The minimum Gasteiger partial charge on any atom is -0.460 e. The Morgan fingerprint density at radius 2 is 1.47 bits per heavy atom. The van der Waals surface area contributed by atoms with E-state index in [1.165, 1.54) is 20.8 Å². The van der Waals surface area contributed by atoms with Crippen molar-refractivity contribution in [2.75, 3.05) is 6.61 Å². The van der Waals surface area contributed by atoms with Crippen LogP contribution in [0.5, 0.6) is 0 Å². The lowest BCUT2D eigenvalue weighted by Gasteiger charge is -2.32. The molecule has 1 rings (SSSR count). The molecule has 0 N–H and O–H groups in total. The molecule has 0 aromatic heterocycles. The molecular weight excluding hydrogens is 448 g/mol. The van der Waals surface area contributed by atoms with Crippen molar-refractivity contribution in [1.29, 1.82) is 0 Å². The van der Waals surface area contributed by atoms with Crippen LogP contribution in [0.15, 0.2) is 0 Å². The van der Waals surface area contributed by atoms with Crippen LogP contribution >= 0.6 is 0 Å². The molecule has 6 nitrogen and oxygen atoms in total. The van der Waals surface area contributed by atoms with Gasteiger partial charge in [-0.25, -0.2) is 9.69 Å². The highest BCUT2D eigenvalue weighted by molar-refractivity contribution is 5.96. The normalized spacial score (nSPS) is 19.7. The Morgan fingerprint density at radius 3 is 1.88 bits per heavy atom. The first kappa shape index (κ1) is 28.0. The molecule has 12 heteroatoms. The van der Waals surface area contributed by atoms with Gasteiger partial charge in [-0.1, -0.05) is 13.8 Å². The van der Waals surface area contributed by atoms with Gasteiger partial charge in [0.05, 0.1) is 17.9 Å². The number of hydrogen-bond donors (Lipinski definition) is 0.